The summed E-state index contributed by atoms with van der Waals surface area (Å²) in [6.07, 6.45) is 3.40. The second-order valence-corrected chi connectivity index (χ2v) is 4.92. The van der Waals surface area contributed by atoms with Crippen molar-refractivity contribution in [1.82, 2.24) is 10.1 Å². The van der Waals surface area contributed by atoms with Gasteiger partial charge in [-0.05, 0) is 25.7 Å². The maximum absolute atomic E-state index is 5.76. The Morgan fingerprint density at radius 1 is 1.37 bits per heavy atom. The van der Waals surface area contributed by atoms with Crippen LogP contribution in [0.2, 0.25) is 0 Å². The summed E-state index contributed by atoms with van der Waals surface area (Å²) in [5, 5.41) is 4.07. The quantitative estimate of drug-likeness (QED) is 0.849. The van der Waals surface area contributed by atoms with Gasteiger partial charge in [0.2, 0.25) is 5.82 Å². The van der Waals surface area contributed by atoms with Crippen molar-refractivity contribution in [2.24, 2.45) is 5.73 Å². The number of rotatable bonds is 6. The molecule has 2 unspecified atom stereocenters. The predicted octanol–water partition coefficient (Wildman–Crippen LogP) is 1.91. The number of methoxy groups -OCH3 is 1. The van der Waals surface area contributed by atoms with Gasteiger partial charge >= 0.3 is 0 Å². The monoisotopic (exact) mass is 269 g/mol. The maximum Gasteiger partial charge on any atom is 0.255 e. The van der Waals surface area contributed by atoms with E-state index in [1.165, 1.54) is 0 Å². The van der Waals surface area contributed by atoms with Crippen LogP contribution < -0.4 is 5.73 Å². The minimum atomic E-state index is -0.465. The van der Waals surface area contributed by atoms with Gasteiger partial charge in [-0.2, -0.15) is 4.98 Å². The molecule has 1 aliphatic rings. The van der Waals surface area contributed by atoms with Gasteiger partial charge in [-0.1, -0.05) is 19.0 Å². The van der Waals surface area contributed by atoms with Crippen LogP contribution >= 0.6 is 0 Å². The highest BCUT2D eigenvalue weighted by molar-refractivity contribution is 5.03. The second-order valence-electron chi connectivity index (χ2n) is 4.92. The van der Waals surface area contributed by atoms with Gasteiger partial charge < -0.3 is 19.7 Å². The van der Waals surface area contributed by atoms with Crippen molar-refractivity contribution >= 4 is 0 Å². The Morgan fingerprint density at radius 2 is 2.11 bits per heavy atom. The van der Waals surface area contributed by atoms with Gasteiger partial charge in [0.25, 0.3) is 5.89 Å². The Balaban J connectivity index is 2.15. The molecule has 1 fully saturated rings. The van der Waals surface area contributed by atoms with Gasteiger partial charge in [0.1, 0.15) is 11.7 Å². The van der Waals surface area contributed by atoms with E-state index in [0.717, 1.165) is 25.7 Å². The molecule has 0 aliphatic carbocycles. The molecule has 0 radical (unpaired) electrons. The Labute approximate surface area is 113 Å². The summed E-state index contributed by atoms with van der Waals surface area (Å²) in [6.45, 7) is 4.64. The first-order chi connectivity index (χ1) is 9.19. The summed E-state index contributed by atoms with van der Waals surface area (Å²) < 4.78 is 16.7. The van der Waals surface area contributed by atoms with Crippen LogP contribution in [0, 0.1) is 0 Å². The predicted molar refractivity (Wildman–Crippen MR) is 69.5 cm³/mol. The molecule has 1 aromatic rings. The van der Waals surface area contributed by atoms with Crippen LogP contribution in [0.15, 0.2) is 4.52 Å². The fourth-order valence-corrected chi connectivity index (χ4v) is 2.56. The molecule has 1 saturated heterocycles. The number of nitrogens with two attached hydrogens (primary N) is 1. The SMILES string of the molecule is CCC(CC)(OC)c1noc(C2CCC(CN)O2)n1. The molecule has 1 aliphatic heterocycles. The lowest BCUT2D eigenvalue weighted by Crippen LogP contribution is -2.28. The zero-order valence-electron chi connectivity index (χ0n) is 11.9. The number of aromatic nitrogens is 2. The molecule has 2 atom stereocenters. The first-order valence-corrected chi connectivity index (χ1v) is 6.93. The molecule has 0 aromatic carbocycles. The maximum atomic E-state index is 5.76. The lowest BCUT2D eigenvalue weighted by molar-refractivity contribution is -0.0306. The van der Waals surface area contributed by atoms with Crippen molar-refractivity contribution < 1.29 is 14.0 Å². The molecule has 6 heteroatoms. The Kier molecular flexibility index (Phi) is 4.54. The number of ether oxygens (including phenoxy) is 2. The third kappa shape index (κ3) is 2.66. The van der Waals surface area contributed by atoms with Crippen molar-refractivity contribution in [3.8, 4) is 0 Å². The molecular formula is C13H23N3O3. The molecule has 2 rings (SSSR count). The van der Waals surface area contributed by atoms with Gasteiger partial charge in [-0.25, -0.2) is 0 Å². The van der Waals surface area contributed by atoms with Crippen molar-refractivity contribution in [2.45, 2.75) is 57.3 Å². The number of hydrogen-bond donors (Lipinski definition) is 1. The van der Waals surface area contributed by atoms with Gasteiger partial charge in [0.15, 0.2) is 0 Å². The summed E-state index contributed by atoms with van der Waals surface area (Å²) >= 11 is 0. The van der Waals surface area contributed by atoms with Crippen LogP contribution in [-0.2, 0) is 15.1 Å². The Morgan fingerprint density at radius 3 is 2.63 bits per heavy atom. The molecule has 0 saturated carbocycles. The summed E-state index contributed by atoms with van der Waals surface area (Å²) in [5.74, 6) is 1.14. The zero-order chi connectivity index (χ0) is 13.9. The van der Waals surface area contributed by atoms with Crippen LogP contribution in [-0.4, -0.2) is 29.9 Å². The molecule has 6 nitrogen and oxygen atoms in total. The van der Waals surface area contributed by atoms with E-state index in [4.69, 9.17) is 19.7 Å². The molecule has 0 bridgehead atoms. The highest BCUT2D eigenvalue weighted by Crippen LogP contribution is 2.34. The molecule has 108 valence electrons. The van der Waals surface area contributed by atoms with Crippen molar-refractivity contribution in [2.75, 3.05) is 13.7 Å². The van der Waals surface area contributed by atoms with E-state index in [0.29, 0.717) is 18.3 Å². The first kappa shape index (κ1) is 14.4. The molecule has 0 spiro atoms. The largest absolute Gasteiger partial charge is 0.370 e. The second kappa shape index (κ2) is 5.98. The lowest BCUT2D eigenvalue weighted by atomic mass is 9.96. The number of nitrogens with zero attached hydrogens (tertiary/aromatic N) is 2. The smallest absolute Gasteiger partial charge is 0.255 e. The van der Waals surface area contributed by atoms with Crippen LogP contribution in [0.5, 0.6) is 0 Å². The van der Waals surface area contributed by atoms with Gasteiger partial charge in [0.05, 0.1) is 6.10 Å². The summed E-state index contributed by atoms with van der Waals surface area (Å²) in [5.41, 5.74) is 5.14. The van der Waals surface area contributed by atoms with E-state index >= 15 is 0 Å². The van der Waals surface area contributed by atoms with E-state index in [9.17, 15) is 0 Å². The van der Waals surface area contributed by atoms with Crippen LogP contribution in [0.1, 0.15) is 57.3 Å². The first-order valence-electron chi connectivity index (χ1n) is 6.93. The van der Waals surface area contributed by atoms with Crippen LogP contribution in [0.3, 0.4) is 0 Å². The summed E-state index contributed by atoms with van der Waals surface area (Å²) in [4.78, 5) is 4.48. The molecule has 0 amide bonds. The Hall–Kier alpha value is -0.980. The van der Waals surface area contributed by atoms with E-state index in [-0.39, 0.29) is 12.2 Å². The highest BCUT2D eigenvalue weighted by atomic mass is 16.5. The van der Waals surface area contributed by atoms with Crippen LogP contribution in [0.25, 0.3) is 0 Å². The van der Waals surface area contributed by atoms with E-state index in [1.807, 2.05) is 0 Å². The minimum absolute atomic E-state index is 0.102. The van der Waals surface area contributed by atoms with Crippen molar-refractivity contribution in [1.29, 1.82) is 0 Å². The number of hydrogen-bond acceptors (Lipinski definition) is 6. The summed E-state index contributed by atoms with van der Waals surface area (Å²) in [7, 11) is 1.68. The molecule has 2 N–H and O–H groups in total. The normalized spacial score (nSPS) is 24.0. The lowest BCUT2D eigenvalue weighted by Gasteiger charge is -2.25. The topological polar surface area (TPSA) is 83.4 Å². The van der Waals surface area contributed by atoms with Gasteiger partial charge in [0, 0.05) is 13.7 Å². The zero-order valence-corrected chi connectivity index (χ0v) is 11.9. The highest BCUT2D eigenvalue weighted by Gasteiger charge is 2.36. The third-order valence-electron chi connectivity index (χ3n) is 4.03. The van der Waals surface area contributed by atoms with Gasteiger partial charge in [-0.3, -0.25) is 0 Å². The molecular weight excluding hydrogens is 246 g/mol. The fourth-order valence-electron chi connectivity index (χ4n) is 2.56. The Bertz CT molecular complexity index is 395. The van der Waals surface area contributed by atoms with E-state index in [1.54, 1.807) is 7.11 Å². The third-order valence-corrected chi connectivity index (χ3v) is 4.03. The molecule has 1 aromatic heterocycles. The average molecular weight is 269 g/mol. The summed E-state index contributed by atoms with van der Waals surface area (Å²) in [6, 6.07) is 0. The van der Waals surface area contributed by atoms with E-state index < -0.39 is 5.60 Å². The van der Waals surface area contributed by atoms with Gasteiger partial charge in [-0.15, -0.1) is 0 Å². The molecule has 2 heterocycles. The van der Waals surface area contributed by atoms with Crippen molar-refractivity contribution in [3.63, 3.8) is 0 Å². The van der Waals surface area contributed by atoms with E-state index in [2.05, 4.69) is 24.0 Å². The van der Waals surface area contributed by atoms with Crippen molar-refractivity contribution in [3.05, 3.63) is 11.7 Å². The fraction of sp³-hybridized carbons (Fsp3) is 0.846. The minimum Gasteiger partial charge on any atom is -0.370 e. The molecule has 19 heavy (non-hydrogen) atoms. The average Bonchev–Trinajstić information content (AvgIpc) is 3.10. The van der Waals surface area contributed by atoms with Crippen LogP contribution in [0.4, 0.5) is 0 Å². The standard InChI is InChI=1S/C13H23N3O3/c1-4-13(5-2,17-3)12-15-11(19-16-12)10-7-6-9(8-14)18-10/h9-10H,4-8,14H2,1-3H3.